The van der Waals surface area contributed by atoms with Crippen LogP contribution in [0.3, 0.4) is 0 Å². The molecule has 0 spiro atoms. The number of hydrogen-bond acceptors (Lipinski definition) is 17. The number of nitrogens with one attached hydrogen (secondary N) is 2. The maximum Gasteiger partial charge on any atom is 0.343 e. The van der Waals surface area contributed by atoms with Crippen molar-refractivity contribution in [2.75, 3.05) is 79.6 Å². The number of rotatable bonds is 11. The Bertz CT molecular complexity index is 3330. The monoisotopic (exact) mass is 984 g/mol. The molecule has 22 heteroatoms. The third-order valence-electron chi connectivity index (χ3n) is 11.7. The van der Waals surface area contributed by atoms with Crippen molar-refractivity contribution in [3.05, 3.63) is 131 Å². The van der Waals surface area contributed by atoms with E-state index in [0.717, 1.165) is 24.3 Å². The van der Waals surface area contributed by atoms with Crippen LogP contribution < -0.4 is 20.4 Å². The van der Waals surface area contributed by atoms with Crippen LogP contribution in [-0.4, -0.2) is 116 Å². The van der Waals surface area contributed by atoms with Gasteiger partial charge in [-0.2, -0.15) is 9.97 Å². The molecule has 0 saturated carbocycles. The molecule has 72 heavy (non-hydrogen) atoms. The van der Waals surface area contributed by atoms with Gasteiger partial charge in [0.2, 0.25) is 11.9 Å². The molecule has 368 valence electrons. The second-order valence-electron chi connectivity index (χ2n) is 16.3. The van der Waals surface area contributed by atoms with Crippen LogP contribution in [0.5, 0.6) is 0 Å². The minimum absolute atomic E-state index is 0.00598. The summed E-state index contributed by atoms with van der Waals surface area (Å²) >= 11 is 0. The molecule has 18 nitrogen and oxygen atoms in total. The zero-order chi connectivity index (χ0) is 50.5. The van der Waals surface area contributed by atoms with Gasteiger partial charge in [-0.1, -0.05) is 12.1 Å². The lowest BCUT2D eigenvalue weighted by Gasteiger charge is -2.27. The Morgan fingerprint density at radius 3 is 1.50 bits per heavy atom. The maximum absolute atomic E-state index is 15.2. The van der Waals surface area contributed by atoms with Crippen molar-refractivity contribution in [2.45, 2.75) is 20.8 Å². The molecule has 0 atom stereocenters. The summed E-state index contributed by atoms with van der Waals surface area (Å²) in [5.74, 6) is -4.29. The molecule has 0 aliphatic carbocycles. The molecule has 0 unspecified atom stereocenters. The Labute approximate surface area is 408 Å². The number of hydrogen-bond donors (Lipinski definition) is 3. The van der Waals surface area contributed by atoms with Gasteiger partial charge < -0.3 is 39.8 Å². The molecule has 10 rings (SSSR count). The quantitative estimate of drug-likeness (QED) is 0.0819. The van der Waals surface area contributed by atoms with Crippen molar-refractivity contribution in [1.29, 1.82) is 0 Å². The van der Waals surface area contributed by atoms with Crippen molar-refractivity contribution in [2.24, 2.45) is 0 Å². The van der Waals surface area contributed by atoms with E-state index in [1.165, 1.54) is 12.4 Å². The smallest absolute Gasteiger partial charge is 0.343 e. The molecule has 0 radical (unpaired) electrons. The van der Waals surface area contributed by atoms with Crippen LogP contribution in [0.25, 0.3) is 44.6 Å². The summed E-state index contributed by atoms with van der Waals surface area (Å²) < 4.78 is 74.5. The Morgan fingerprint density at radius 1 is 0.639 bits per heavy atom. The third kappa shape index (κ3) is 10.2. The fraction of sp³-hybridized carbons (Fsp3) is 0.240. The van der Waals surface area contributed by atoms with Crippen molar-refractivity contribution >= 4 is 68.7 Å². The molecular weight excluding hydrogens is 941 g/mol. The van der Waals surface area contributed by atoms with E-state index in [1.807, 2.05) is 9.80 Å². The minimum Gasteiger partial charge on any atom is -0.477 e. The average molecular weight is 985 g/mol. The Kier molecular flexibility index (Phi) is 14.3. The number of nitrogens with zero attached hydrogens (tertiary/aromatic N) is 10. The zero-order valence-electron chi connectivity index (χ0n) is 38.9. The first-order valence-corrected chi connectivity index (χ1v) is 22.6. The van der Waals surface area contributed by atoms with E-state index in [-0.39, 0.29) is 62.6 Å². The van der Waals surface area contributed by atoms with Gasteiger partial charge in [0.15, 0.2) is 11.6 Å². The maximum atomic E-state index is 15.2. The van der Waals surface area contributed by atoms with E-state index in [4.69, 9.17) is 14.2 Å². The lowest BCUT2D eigenvalue weighted by molar-refractivity contribution is 0.0526. The van der Waals surface area contributed by atoms with E-state index < -0.39 is 35.2 Å². The number of carboxylic acids is 1. The van der Waals surface area contributed by atoms with E-state index in [0.29, 0.717) is 98.4 Å². The minimum atomic E-state index is -1.26. The highest BCUT2D eigenvalue weighted by Crippen LogP contribution is 2.39. The van der Waals surface area contributed by atoms with Crippen molar-refractivity contribution in [1.82, 2.24) is 39.9 Å². The number of fused-ring (bicyclic) bond motifs is 2. The summed E-state index contributed by atoms with van der Waals surface area (Å²) in [5, 5.41) is 15.9. The summed E-state index contributed by atoms with van der Waals surface area (Å²) in [6.07, 6.45) is 5.78. The van der Waals surface area contributed by atoms with Gasteiger partial charge in [0, 0.05) is 86.4 Å². The van der Waals surface area contributed by atoms with Crippen LogP contribution in [0.2, 0.25) is 0 Å². The van der Waals surface area contributed by atoms with Crippen molar-refractivity contribution in [3.63, 3.8) is 0 Å². The summed E-state index contributed by atoms with van der Waals surface area (Å²) in [6, 6.07) is 14.4. The number of carbonyl (C=O) groups is 2. The summed E-state index contributed by atoms with van der Waals surface area (Å²) in [4.78, 5) is 63.8. The van der Waals surface area contributed by atoms with Gasteiger partial charge in [0.05, 0.1) is 89.0 Å². The topological polar surface area (TPSA) is 216 Å². The number of ether oxygens (including phenoxy) is 3. The van der Waals surface area contributed by atoms with Gasteiger partial charge in [-0.25, -0.2) is 47.1 Å². The Hall–Kier alpha value is -8.50. The van der Waals surface area contributed by atoms with E-state index >= 15 is 8.78 Å². The van der Waals surface area contributed by atoms with Crippen LogP contribution >= 0.6 is 0 Å². The van der Waals surface area contributed by atoms with Crippen LogP contribution in [0.4, 0.5) is 52.5 Å². The molecule has 2 fully saturated rings. The molecule has 2 aliphatic rings. The summed E-state index contributed by atoms with van der Waals surface area (Å²) in [7, 11) is 0. The molecule has 6 aromatic heterocycles. The first kappa shape index (κ1) is 48.5. The van der Waals surface area contributed by atoms with E-state index in [9.17, 15) is 23.5 Å². The van der Waals surface area contributed by atoms with Crippen LogP contribution in [0, 0.1) is 37.1 Å². The molecule has 3 N–H and O–H groups in total. The first-order chi connectivity index (χ1) is 34.9. The number of anilines is 6. The Morgan fingerprint density at radius 2 is 1.08 bits per heavy atom. The predicted molar refractivity (Wildman–Crippen MR) is 259 cm³/mol. The molecule has 8 aromatic rings. The van der Waals surface area contributed by atoms with Gasteiger partial charge >= 0.3 is 11.9 Å². The molecule has 8 heterocycles. The van der Waals surface area contributed by atoms with Gasteiger partial charge in [-0.05, 0) is 45.0 Å². The average Bonchev–Trinajstić information content (AvgIpc) is 3.38. The van der Waals surface area contributed by atoms with Crippen LogP contribution in [-0.2, 0) is 14.2 Å². The normalized spacial score (nSPS) is 13.7. The van der Waals surface area contributed by atoms with E-state index in [2.05, 4.69) is 50.5 Å². The van der Waals surface area contributed by atoms with Gasteiger partial charge in [-0.15, -0.1) is 0 Å². The van der Waals surface area contributed by atoms with Gasteiger partial charge in [0.25, 0.3) is 0 Å². The number of carbonyl (C=O) groups excluding carboxylic acids is 1. The molecule has 2 aliphatic heterocycles. The number of aromatic nitrogens is 8. The third-order valence-corrected chi connectivity index (χ3v) is 11.7. The molecule has 2 saturated heterocycles. The van der Waals surface area contributed by atoms with Crippen molar-refractivity contribution < 1.29 is 46.5 Å². The number of benzene rings is 2. The van der Waals surface area contributed by atoms with Crippen LogP contribution in [0.1, 0.15) is 38.8 Å². The number of aromatic carboxylic acids is 1. The summed E-state index contributed by atoms with van der Waals surface area (Å²) in [5.41, 5.74) is 3.38. The van der Waals surface area contributed by atoms with E-state index in [1.54, 1.807) is 69.6 Å². The number of esters is 1. The predicted octanol–water partition coefficient (Wildman–Crippen LogP) is 8.38. The number of pyridine rings is 4. The second-order valence-corrected chi connectivity index (χ2v) is 16.3. The fourth-order valence-corrected chi connectivity index (χ4v) is 8.15. The lowest BCUT2D eigenvalue weighted by Crippen LogP contribution is -2.37. The standard InChI is InChI=1S/C26H24F2N6O3.C24H20F2N6O3/c1-3-37-25(35)17-14-30-26(34-8-10-36-11-9-34)33-24(17)32-23-15(2)22(19-6-4-5-7-29-19)31-20-13-16(27)12-18(28)21(20)23;1-13-20(17-4-2-3-5-27-17)29-18-11-14(25)10-16(26)19(18)21(13)30-22-15(23(33)34)12-28-24(31-22)32-6-8-35-9-7-32/h4-7,12-14H,3,8-11H2,1-2H3,(H,30,31,32,33);2-5,10-12H,6-9H2,1H3,(H,33,34)(H,28,29,30,31). The van der Waals surface area contributed by atoms with Crippen molar-refractivity contribution in [3.8, 4) is 22.8 Å². The molecular formula is C50H44F4N12O6. The number of morpholine rings is 2. The SMILES string of the molecule is CCOC(=O)c1cnc(N2CCOCC2)nc1Nc1c(C)c(-c2ccccn2)nc2cc(F)cc(F)c12.Cc1c(-c2ccccn2)nc2cc(F)cc(F)c2c1Nc1nc(N2CCOCC2)ncc1C(=O)O. The van der Waals surface area contributed by atoms with Gasteiger partial charge in [-0.3, -0.25) is 9.97 Å². The lowest BCUT2D eigenvalue weighted by atomic mass is 10.0. The zero-order valence-corrected chi connectivity index (χ0v) is 38.9. The van der Waals surface area contributed by atoms with Crippen LogP contribution in [0.15, 0.2) is 85.5 Å². The highest BCUT2D eigenvalue weighted by Gasteiger charge is 2.26. The highest BCUT2D eigenvalue weighted by atomic mass is 19.1. The molecule has 0 bridgehead atoms. The first-order valence-electron chi connectivity index (χ1n) is 22.6. The highest BCUT2D eigenvalue weighted by molar-refractivity contribution is 6.02. The number of halogens is 4. The Balaban J connectivity index is 0.000000178. The fourth-order valence-electron chi connectivity index (χ4n) is 8.15. The molecule has 2 aromatic carbocycles. The van der Waals surface area contributed by atoms with Gasteiger partial charge in [0.1, 0.15) is 34.4 Å². The molecule has 0 amide bonds. The number of carboxylic acid groups (broad SMARTS) is 1. The largest absolute Gasteiger partial charge is 0.477 e. The summed E-state index contributed by atoms with van der Waals surface area (Å²) in [6.45, 7) is 9.55. The second kappa shape index (κ2) is 21.2.